The molecule has 294 valence electrons. The highest BCUT2D eigenvalue weighted by Crippen LogP contribution is 2.41. The van der Waals surface area contributed by atoms with Crippen molar-refractivity contribution in [3.05, 3.63) is 212 Å². The van der Waals surface area contributed by atoms with Crippen LogP contribution >= 0.6 is 11.3 Å². The van der Waals surface area contributed by atoms with Gasteiger partial charge in [-0.25, -0.2) is 15.0 Å². The van der Waals surface area contributed by atoms with Crippen LogP contribution in [0.4, 0.5) is 0 Å². The number of para-hydroxylation sites is 3. The molecule has 0 amide bonds. The molecule has 0 saturated carbocycles. The maximum absolute atomic E-state index is 4.99. The van der Waals surface area contributed by atoms with Gasteiger partial charge in [0.1, 0.15) is 0 Å². The number of hydrogen-bond acceptors (Lipinski definition) is 4. The summed E-state index contributed by atoms with van der Waals surface area (Å²) in [5.74, 6) is 1.98. The summed E-state index contributed by atoms with van der Waals surface area (Å²) in [5.41, 5.74) is 12.3. The van der Waals surface area contributed by atoms with E-state index in [1.807, 2.05) is 60.7 Å². The molecule has 0 fully saturated rings. The van der Waals surface area contributed by atoms with Gasteiger partial charge in [0.15, 0.2) is 17.5 Å². The third-order valence-electron chi connectivity index (χ3n) is 12.4. The van der Waals surface area contributed by atoms with Gasteiger partial charge in [-0.3, -0.25) is 0 Å². The zero-order valence-electron chi connectivity index (χ0n) is 33.9. The minimum absolute atomic E-state index is 0.661. The summed E-state index contributed by atoms with van der Waals surface area (Å²) in [5, 5.41) is 7.48. The molecular formula is C57H35N5S. The highest BCUT2D eigenvalue weighted by Gasteiger charge is 2.19. The lowest BCUT2D eigenvalue weighted by Gasteiger charge is -2.11. The van der Waals surface area contributed by atoms with Crippen molar-refractivity contribution in [1.29, 1.82) is 0 Å². The van der Waals surface area contributed by atoms with Crippen molar-refractivity contribution in [3.63, 3.8) is 0 Å². The maximum atomic E-state index is 4.99. The SMILES string of the molecule is c1ccc(-c2nc(-c3ccccc3)nc(-c3ccc4c(c3)sc3ccc(-c5ccc(-n6c7ccccc7c7cc8c9ccccc9n(-c9ccccc9)c8cc76)cc5)cc34)n2)cc1. The molecular weight excluding hydrogens is 787 g/mol. The topological polar surface area (TPSA) is 48.5 Å². The standard InChI is InChI=1S/C57H35N5S/c1-4-14-37(15-5-1)55-58-56(38-16-6-2-7-17-38)60-57(59-55)40-26-30-45-48-32-39(27-31-53(48)63-54(45)33-40)36-24-28-42(29-25-36)62-50-23-13-11-21-44(50)47-34-46-43-20-10-12-22-49(43)61(51(46)35-52(47)62)41-18-8-3-9-19-41/h1-35H. The number of aromatic nitrogens is 5. The molecule has 0 spiro atoms. The molecule has 63 heavy (non-hydrogen) atoms. The molecule has 13 aromatic rings. The molecule has 9 aromatic carbocycles. The largest absolute Gasteiger partial charge is 0.309 e. The molecule has 4 aromatic heterocycles. The smallest absolute Gasteiger partial charge is 0.164 e. The molecule has 0 unspecified atom stereocenters. The maximum Gasteiger partial charge on any atom is 0.164 e. The lowest BCUT2D eigenvalue weighted by molar-refractivity contribution is 1.07. The second-order valence-electron chi connectivity index (χ2n) is 16.0. The van der Waals surface area contributed by atoms with E-state index in [4.69, 9.17) is 15.0 Å². The third-order valence-corrected chi connectivity index (χ3v) is 13.5. The molecule has 0 bridgehead atoms. The Balaban J connectivity index is 0.893. The van der Waals surface area contributed by atoms with Crippen LogP contribution in [-0.2, 0) is 0 Å². The van der Waals surface area contributed by atoms with E-state index in [1.54, 1.807) is 11.3 Å². The van der Waals surface area contributed by atoms with E-state index in [0.29, 0.717) is 17.5 Å². The Hall–Kier alpha value is -8.19. The Labute approximate surface area is 366 Å². The van der Waals surface area contributed by atoms with E-state index in [-0.39, 0.29) is 0 Å². The normalized spacial score (nSPS) is 11.8. The molecule has 0 aliphatic heterocycles. The molecule has 13 rings (SSSR count). The summed E-state index contributed by atoms with van der Waals surface area (Å²) < 4.78 is 7.27. The highest BCUT2D eigenvalue weighted by atomic mass is 32.1. The van der Waals surface area contributed by atoms with Crippen LogP contribution in [-0.4, -0.2) is 24.1 Å². The van der Waals surface area contributed by atoms with Crippen molar-refractivity contribution < 1.29 is 0 Å². The second-order valence-corrected chi connectivity index (χ2v) is 17.1. The average Bonchev–Trinajstić information content (AvgIpc) is 4.00. The molecule has 6 heteroatoms. The summed E-state index contributed by atoms with van der Waals surface area (Å²) in [7, 11) is 0. The Morgan fingerprint density at radius 2 is 0.762 bits per heavy atom. The van der Waals surface area contributed by atoms with Gasteiger partial charge in [0, 0.05) is 69.8 Å². The van der Waals surface area contributed by atoms with Crippen LogP contribution in [0.2, 0.25) is 0 Å². The number of rotatable bonds is 6. The summed E-state index contributed by atoms with van der Waals surface area (Å²) in [6.45, 7) is 0. The Bertz CT molecular complexity index is 3830. The van der Waals surface area contributed by atoms with Crippen LogP contribution < -0.4 is 0 Å². The van der Waals surface area contributed by atoms with Gasteiger partial charge < -0.3 is 9.13 Å². The number of thiophene rings is 1. The van der Waals surface area contributed by atoms with Gasteiger partial charge >= 0.3 is 0 Å². The van der Waals surface area contributed by atoms with E-state index >= 15 is 0 Å². The van der Waals surface area contributed by atoms with E-state index < -0.39 is 0 Å². The Morgan fingerprint density at radius 1 is 0.270 bits per heavy atom. The minimum Gasteiger partial charge on any atom is -0.309 e. The fourth-order valence-corrected chi connectivity index (χ4v) is 10.5. The fourth-order valence-electron chi connectivity index (χ4n) is 9.40. The van der Waals surface area contributed by atoms with Crippen molar-refractivity contribution in [1.82, 2.24) is 24.1 Å². The molecule has 0 aliphatic rings. The zero-order chi connectivity index (χ0) is 41.4. The average molecular weight is 822 g/mol. The summed E-state index contributed by atoms with van der Waals surface area (Å²) in [6, 6.07) is 75.8. The molecule has 0 aliphatic carbocycles. The summed E-state index contributed by atoms with van der Waals surface area (Å²) >= 11 is 1.80. The number of benzene rings is 9. The zero-order valence-corrected chi connectivity index (χ0v) is 34.7. The lowest BCUT2D eigenvalue weighted by Crippen LogP contribution is -1.99. The van der Waals surface area contributed by atoms with Crippen molar-refractivity contribution in [2.75, 3.05) is 0 Å². The van der Waals surface area contributed by atoms with Gasteiger partial charge in [0.2, 0.25) is 0 Å². The van der Waals surface area contributed by atoms with E-state index in [1.165, 1.54) is 74.9 Å². The van der Waals surface area contributed by atoms with Crippen molar-refractivity contribution >= 4 is 75.1 Å². The Morgan fingerprint density at radius 3 is 1.37 bits per heavy atom. The number of fused-ring (bicyclic) bond motifs is 9. The monoisotopic (exact) mass is 821 g/mol. The van der Waals surface area contributed by atoms with Gasteiger partial charge in [0.05, 0.1) is 22.1 Å². The molecule has 0 radical (unpaired) electrons. The highest BCUT2D eigenvalue weighted by molar-refractivity contribution is 7.25. The van der Waals surface area contributed by atoms with Gasteiger partial charge in [0.25, 0.3) is 0 Å². The van der Waals surface area contributed by atoms with Crippen LogP contribution in [0, 0.1) is 0 Å². The number of hydrogen-bond donors (Lipinski definition) is 0. The van der Waals surface area contributed by atoms with Crippen LogP contribution in [0.15, 0.2) is 212 Å². The first-order valence-electron chi connectivity index (χ1n) is 21.2. The molecule has 0 atom stereocenters. The Kier molecular flexibility index (Phi) is 8.01. The van der Waals surface area contributed by atoms with Gasteiger partial charge in [-0.05, 0) is 77.9 Å². The minimum atomic E-state index is 0.661. The van der Waals surface area contributed by atoms with Crippen LogP contribution in [0.1, 0.15) is 0 Å². The van der Waals surface area contributed by atoms with E-state index in [9.17, 15) is 0 Å². The van der Waals surface area contributed by atoms with Crippen molar-refractivity contribution in [3.8, 4) is 56.7 Å². The predicted molar refractivity (Wildman–Crippen MR) is 263 cm³/mol. The van der Waals surface area contributed by atoms with Crippen LogP contribution in [0.3, 0.4) is 0 Å². The van der Waals surface area contributed by atoms with Gasteiger partial charge in [-0.15, -0.1) is 11.3 Å². The van der Waals surface area contributed by atoms with E-state index in [2.05, 4.69) is 161 Å². The van der Waals surface area contributed by atoms with Crippen LogP contribution in [0.25, 0.3) is 120 Å². The summed E-state index contributed by atoms with van der Waals surface area (Å²) in [6.07, 6.45) is 0. The first kappa shape index (κ1) is 35.6. The van der Waals surface area contributed by atoms with Crippen LogP contribution in [0.5, 0.6) is 0 Å². The molecule has 5 nitrogen and oxygen atoms in total. The lowest BCUT2D eigenvalue weighted by atomic mass is 10.0. The molecule has 4 heterocycles. The number of nitrogens with zero attached hydrogens (tertiary/aromatic N) is 5. The van der Waals surface area contributed by atoms with Crippen molar-refractivity contribution in [2.45, 2.75) is 0 Å². The first-order chi connectivity index (χ1) is 31.2. The van der Waals surface area contributed by atoms with Gasteiger partial charge in [-0.2, -0.15) is 0 Å². The third kappa shape index (κ3) is 5.80. The molecule has 0 saturated heterocycles. The van der Waals surface area contributed by atoms with Gasteiger partial charge in [-0.1, -0.05) is 146 Å². The first-order valence-corrected chi connectivity index (χ1v) is 22.0. The predicted octanol–water partition coefficient (Wildman–Crippen LogP) is 15.1. The molecule has 0 N–H and O–H groups in total. The van der Waals surface area contributed by atoms with Crippen molar-refractivity contribution in [2.24, 2.45) is 0 Å². The second kappa shape index (κ2) is 14.2. The van der Waals surface area contributed by atoms with E-state index in [0.717, 1.165) is 28.1 Å². The summed E-state index contributed by atoms with van der Waals surface area (Å²) in [4.78, 5) is 14.9. The quantitative estimate of drug-likeness (QED) is 0.168. The fraction of sp³-hybridized carbons (Fsp3) is 0.